The number of piperazine rings is 1. The lowest BCUT2D eigenvalue weighted by Crippen LogP contribution is -2.49. The summed E-state index contributed by atoms with van der Waals surface area (Å²) < 4.78 is 21.1. The molecule has 3 aromatic rings. The van der Waals surface area contributed by atoms with Crippen LogP contribution in [-0.2, 0) is 17.8 Å². The van der Waals surface area contributed by atoms with Crippen LogP contribution in [-0.4, -0.2) is 66.7 Å². The summed E-state index contributed by atoms with van der Waals surface area (Å²) in [5.74, 6) is -0.157. The number of nitrogens with zero attached hydrogens (tertiary/aromatic N) is 3. The maximum absolute atomic E-state index is 13.6. The van der Waals surface area contributed by atoms with Crippen LogP contribution in [0.25, 0.3) is 10.9 Å². The summed E-state index contributed by atoms with van der Waals surface area (Å²) in [5, 5.41) is 4.68. The highest BCUT2D eigenvalue weighted by Crippen LogP contribution is 2.33. The van der Waals surface area contributed by atoms with Gasteiger partial charge in [0.2, 0.25) is 0 Å². The molecule has 0 unspecified atom stereocenters. The molecule has 0 spiro atoms. The van der Waals surface area contributed by atoms with Crippen LogP contribution >= 0.6 is 0 Å². The van der Waals surface area contributed by atoms with Gasteiger partial charge < -0.3 is 19.5 Å². The van der Waals surface area contributed by atoms with Gasteiger partial charge in [0.1, 0.15) is 5.82 Å². The van der Waals surface area contributed by atoms with Crippen molar-refractivity contribution in [2.45, 2.75) is 40.8 Å². The van der Waals surface area contributed by atoms with E-state index in [1.54, 1.807) is 13.2 Å². The van der Waals surface area contributed by atoms with Gasteiger partial charge in [0, 0.05) is 69.6 Å². The van der Waals surface area contributed by atoms with Gasteiger partial charge >= 0.3 is 0 Å². The maximum Gasteiger partial charge on any atom is 0.254 e. The van der Waals surface area contributed by atoms with Gasteiger partial charge in [-0.3, -0.25) is 9.69 Å². The van der Waals surface area contributed by atoms with Crippen LogP contribution in [0.3, 0.4) is 0 Å². The van der Waals surface area contributed by atoms with E-state index < -0.39 is 0 Å². The van der Waals surface area contributed by atoms with E-state index in [9.17, 15) is 9.18 Å². The van der Waals surface area contributed by atoms with E-state index in [0.717, 1.165) is 53.9 Å². The average molecular weight is 481 g/mol. The number of rotatable bonds is 8. The van der Waals surface area contributed by atoms with E-state index in [1.807, 2.05) is 24.0 Å². The molecule has 6 nitrogen and oxygen atoms in total. The number of carbonyl (C=O) groups excluding carboxylic acids is 1. The Morgan fingerprint density at radius 2 is 1.83 bits per heavy atom. The Morgan fingerprint density at radius 1 is 1.09 bits per heavy atom. The minimum atomic E-state index is -0.227. The van der Waals surface area contributed by atoms with Crippen molar-refractivity contribution in [1.29, 1.82) is 0 Å². The number of methoxy groups -OCH3 is 1. The van der Waals surface area contributed by atoms with Crippen LogP contribution in [0.5, 0.6) is 0 Å². The van der Waals surface area contributed by atoms with Crippen LogP contribution in [0.15, 0.2) is 30.3 Å². The van der Waals surface area contributed by atoms with Crippen molar-refractivity contribution in [2.75, 3.05) is 51.8 Å². The highest BCUT2D eigenvalue weighted by molar-refractivity contribution is 6.04. The summed E-state index contributed by atoms with van der Waals surface area (Å²) in [4.78, 5) is 17.9. The topological polar surface area (TPSA) is 49.7 Å². The Hall–Kier alpha value is -2.90. The lowest BCUT2D eigenvalue weighted by Gasteiger charge is -2.34. The number of aryl methyl sites for hydroxylation is 3. The first-order valence-corrected chi connectivity index (χ1v) is 12.5. The molecule has 2 aromatic carbocycles. The lowest BCUT2D eigenvalue weighted by atomic mass is 10.0. The molecule has 188 valence electrons. The number of aromatic nitrogens is 1. The van der Waals surface area contributed by atoms with Crippen molar-refractivity contribution in [2.24, 2.45) is 0 Å². The summed E-state index contributed by atoms with van der Waals surface area (Å²) in [7, 11) is 1.72. The highest BCUT2D eigenvalue weighted by Gasteiger charge is 2.24. The molecule has 35 heavy (non-hydrogen) atoms. The molecule has 1 aliphatic heterocycles. The maximum atomic E-state index is 13.6. The normalized spacial score (nSPS) is 14.6. The molecule has 1 aromatic heterocycles. The monoisotopic (exact) mass is 480 g/mol. The number of amides is 1. The van der Waals surface area contributed by atoms with E-state index in [1.165, 1.54) is 17.3 Å². The average Bonchev–Trinajstić information content (AvgIpc) is 3.11. The van der Waals surface area contributed by atoms with Gasteiger partial charge in [0.15, 0.2) is 0 Å². The molecule has 1 fully saturated rings. The Balaban J connectivity index is 1.65. The molecule has 0 saturated carbocycles. The molecule has 1 saturated heterocycles. The van der Waals surface area contributed by atoms with E-state index in [0.29, 0.717) is 31.8 Å². The van der Waals surface area contributed by atoms with Gasteiger partial charge in [-0.25, -0.2) is 4.39 Å². The molecule has 2 heterocycles. The third-order valence-corrected chi connectivity index (χ3v) is 7.34. The molecule has 1 amide bonds. The van der Waals surface area contributed by atoms with Crippen LogP contribution in [0.2, 0.25) is 0 Å². The summed E-state index contributed by atoms with van der Waals surface area (Å²) in [5.41, 5.74) is 7.10. The molecule has 1 aliphatic rings. The fourth-order valence-corrected chi connectivity index (χ4v) is 5.06. The standard InChI is InChI=1S/C28H37FN4O2/c1-6-33-21(4)20(3)25-16-23(28(34)32-11-9-31(10-12-32)13-14-35-5)17-26(27(25)33)30-18-22-7-8-24(29)15-19(22)2/h7-8,15-17,30H,6,9-14,18H2,1-5H3. The molecule has 0 radical (unpaired) electrons. The molecule has 0 atom stereocenters. The van der Waals surface area contributed by atoms with Crippen LogP contribution in [0.1, 0.15) is 39.7 Å². The van der Waals surface area contributed by atoms with Crippen molar-refractivity contribution in [3.05, 3.63) is 64.1 Å². The molecular weight excluding hydrogens is 443 g/mol. The molecule has 1 N–H and O–H groups in total. The van der Waals surface area contributed by atoms with Gasteiger partial charge in [-0.15, -0.1) is 0 Å². The zero-order valence-corrected chi connectivity index (χ0v) is 21.6. The zero-order chi connectivity index (χ0) is 25.1. The van der Waals surface area contributed by atoms with Gasteiger partial charge in [0.25, 0.3) is 5.91 Å². The van der Waals surface area contributed by atoms with Crippen molar-refractivity contribution in [3.8, 4) is 0 Å². The summed E-state index contributed by atoms with van der Waals surface area (Å²) in [6.45, 7) is 14.5. The van der Waals surface area contributed by atoms with E-state index in [4.69, 9.17) is 4.74 Å². The number of anilines is 1. The molecule has 0 aliphatic carbocycles. The Labute approximate surface area is 207 Å². The molecule has 4 rings (SSSR count). The van der Waals surface area contributed by atoms with Gasteiger partial charge in [-0.05, 0) is 68.7 Å². The molecule has 7 heteroatoms. The first-order chi connectivity index (χ1) is 16.8. The van der Waals surface area contributed by atoms with Crippen LogP contribution < -0.4 is 5.32 Å². The fraction of sp³-hybridized carbons (Fsp3) is 0.464. The number of nitrogens with one attached hydrogen (secondary N) is 1. The van der Waals surface area contributed by atoms with Gasteiger partial charge in [-0.1, -0.05) is 6.07 Å². The lowest BCUT2D eigenvalue weighted by molar-refractivity contribution is 0.0594. The zero-order valence-electron chi connectivity index (χ0n) is 21.6. The second-order valence-electron chi connectivity index (χ2n) is 9.43. The van der Waals surface area contributed by atoms with Crippen molar-refractivity contribution < 1.29 is 13.9 Å². The number of fused-ring (bicyclic) bond motifs is 1. The van der Waals surface area contributed by atoms with Crippen molar-refractivity contribution in [1.82, 2.24) is 14.4 Å². The quantitative estimate of drug-likeness (QED) is 0.506. The fourth-order valence-electron chi connectivity index (χ4n) is 5.06. The second-order valence-corrected chi connectivity index (χ2v) is 9.43. The highest BCUT2D eigenvalue weighted by atomic mass is 19.1. The van der Waals surface area contributed by atoms with Gasteiger partial charge in [-0.2, -0.15) is 0 Å². The number of hydrogen-bond donors (Lipinski definition) is 1. The minimum Gasteiger partial charge on any atom is -0.383 e. The van der Waals surface area contributed by atoms with Crippen molar-refractivity contribution >= 4 is 22.5 Å². The Bertz CT molecular complexity index is 1210. The Kier molecular flexibility index (Phi) is 7.77. The number of carbonyl (C=O) groups is 1. The second kappa shape index (κ2) is 10.8. The third kappa shape index (κ3) is 5.21. The number of halogens is 1. The van der Waals surface area contributed by atoms with Gasteiger partial charge in [0.05, 0.1) is 17.8 Å². The predicted molar refractivity (Wildman–Crippen MR) is 140 cm³/mol. The molecular formula is C28H37FN4O2. The first-order valence-electron chi connectivity index (χ1n) is 12.5. The summed E-state index contributed by atoms with van der Waals surface area (Å²) in [6.07, 6.45) is 0. The Morgan fingerprint density at radius 3 is 2.49 bits per heavy atom. The van der Waals surface area contributed by atoms with Crippen LogP contribution in [0.4, 0.5) is 10.1 Å². The molecule has 0 bridgehead atoms. The minimum absolute atomic E-state index is 0.0700. The predicted octanol–water partition coefficient (Wildman–Crippen LogP) is 4.74. The van der Waals surface area contributed by atoms with E-state index in [-0.39, 0.29) is 11.7 Å². The van der Waals surface area contributed by atoms with Crippen LogP contribution in [0, 0.1) is 26.6 Å². The number of hydrogen-bond acceptors (Lipinski definition) is 4. The third-order valence-electron chi connectivity index (χ3n) is 7.34. The largest absolute Gasteiger partial charge is 0.383 e. The van der Waals surface area contributed by atoms with E-state index >= 15 is 0 Å². The summed E-state index contributed by atoms with van der Waals surface area (Å²) >= 11 is 0. The smallest absolute Gasteiger partial charge is 0.254 e. The number of benzene rings is 2. The first kappa shape index (κ1) is 25.2. The van der Waals surface area contributed by atoms with Crippen molar-refractivity contribution in [3.63, 3.8) is 0 Å². The SMILES string of the molecule is CCn1c(C)c(C)c2cc(C(=O)N3CCN(CCOC)CC3)cc(NCc3ccc(F)cc3C)c21. The van der Waals surface area contributed by atoms with E-state index in [2.05, 4.69) is 41.6 Å². The summed E-state index contributed by atoms with van der Waals surface area (Å²) in [6, 6.07) is 8.92. The number of ether oxygens (including phenoxy) is 1.